The molecule has 1 unspecified atom stereocenters. The van der Waals surface area contributed by atoms with E-state index in [0.29, 0.717) is 13.0 Å². The first kappa shape index (κ1) is 14.1. The van der Waals surface area contributed by atoms with Gasteiger partial charge in [-0.05, 0) is 35.2 Å². The van der Waals surface area contributed by atoms with Gasteiger partial charge in [-0.3, -0.25) is 4.79 Å². The number of hydrogen-bond donors (Lipinski definition) is 1. The minimum absolute atomic E-state index is 0.114. The fourth-order valence-electron chi connectivity index (χ4n) is 3.01. The van der Waals surface area contributed by atoms with Crippen LogP contribution in [0.15, 0.2) is 42.5 Å². The topological polar surface area (TPSA) is 46.3 Å². The van der Waals surface area contributed by atoms with Crippen LogP contribution in [0.3, 0.4) is 0 Å². The van der Waals surface area contributed by atoms with E-state index >= 15 is 0 Å². The number of hydrogen-bond acceptors (Lipinski definition) is 2. The van der Waals surface area contributed by atoms with Gasteiger partial charge in [-0.2, -0.15) is 0 Å². The third-order valence-corrected chi connectivity index (χ3v) is 4.29. The molecule has 1 atom stereocenters. The van der Waals surface area contributed by atoms with E-state index in [1.54, 1.807) is 0 Å². The van der Waals surface area contributed by atoms with Gasteiger partial charge in [-0.15, -0.1) is 0 Å². The predicted octanol–water partition coefficient (Wildman–Crippen LogP) is 3.24. The van der Waals surface area contributed by atoms with E-state index in [2.05, 4.69) is 30.3 Å². The molecule has 3 nitrogen and oxygen atoms in total. The summed E-state index contributed by atoms with van der Waals surface area (Å²) in [6.07, 6.45) is 3.93. The largest absolute Gasteiger partial charge is 0.341 e. The van der Waals surface area contributed by atoms with Gasteiger partial charge in [0.15, 0.2) is 0 Å². The van der Waals surface area contributed by atoms with Crippen molar-refractivity contribution >= 4 is 16.7 Å². The average molecular weight is 282 g/mol. The molecule has 2 N–H and O–H groups in total. The zero-order chi connectivity index (χ0) is 14.7. The van der Waals surface area contributed by atoms with E-state index in [1.807, 2.05) is 17.0 Å². The first-order valence-corrected chi connectivity index (χ1v) is 7.76. The first-order chi connectivity index (χ1) is 10.2. The second-order valence-corrected chi connectivity index (χ2v) is 5.86. The van der Waals surface area contributed by atoms with E-state index in [1.165, 1.54) is 10.8 Å². The van der Waals surface area contributed by atoms with Gasteiger partial charge >= 0.3 is 0 Å². The molecule has 1 fully saturated rings. The van der Waals surface area contributed by atoms with Crippen molar-refractivity contribution in [2.45, 2.75) is 31.7 Å². The lowest BCUT2D eigenvalue weighted by molar-refractivity contribution is -0.130. The van der Waals surface area contributed by atoms with Crippen molar-refractivity contribution in [3.05, 3.63) is 48.0 Å². The van der Waals surface area contributed by atoms with Crippen LogP contribution >= 0.6 is 0 Å². The van der Waals surface area contributed by atoms with Crippen LogP contribution in [0.4, 0.5) is 0 Å². The van der Waals surface area contributed by atoms with Crippen LogP contribution in [0.1, 0.15) is 37.3 Å². The molecular weight excluding hydrogens is 260 g/mol. The van der Waals surface area contributed by atoms with Crippen LogP contribution in [-0.2, 0) is 4.79 Å². The Balaban J connectivity index is 1.76. The van der Waals surface area contributed by atoms with Crippen molar-refractivity contribution in [1.82, 2.24) is 4.90 Å². The van der Waals surface area contributed by atoms with Crippen LogP contribution in [0.2, 0.25) is 0 Å². The third kappa shape index (κ3) is 3.24. The third-order valence-electron chi connectivity index (χ3n) is 4.29. The van der Waals surface area contributed by atoms with Crippen LogP contribution < -0.4 is 5.73 Å². The second-order valence-electron chi connectivity index (χ2n) is 5.86. The van der Waals surface area contributed by atoms with Gasteiger partial charge in [0.25, 0.3) is 0 Å². The van der Waals surface area contributed by atoms with Gasteiger partial charge in [0, 0.05) is 25.6 Å². The summed E-state index contributed by atoms with van der Waals surface area (Å²) in [5.74, 6) is 0.253. The number of carbonyl (C=O) groups excluding carboxylic acids is 1. The molecule has 0 saturated carbocycles. The number of carbonyl (C=O) groups is 1. The lowest BCUT2D eigenvalue weighted by Crippen LogP contribution is -2.36. The van der Waals surface area contributed by atoms with Gasteiger partial charge in [0.1, 0.15) is 0 Å². The summed E-state index contributed by atoms with van der Waals surface area (Å²) in [7, 11) is 0. The van der Waals surface area contributed by atoms with Crippen LogP contribution in [-0.4, -0.2) is 23.9 Å². The smallest absolute Gasteiger partial charge is 0.222 e. The quantitative estimate of drug-likeness (QED) is 0.939. The number of fused-ring (bicyclic) bond motifs is 1. The number of amides is 1. The molecular formula is C18H22N2O. The van der Waals surface area contributed by atoms with Crippen molar-refractivity contribution in [1.29, 1.82) is 0 Å². The highest BCUT2D eigenvalue weighted by Gasteiger charge is 2.19. The van der Waals surface area contributed by atoms with Crippen molar-refractivity contribution in [2.24, 2.45) is 5.73 Å². The van der Waals surface area contributed by atoms with Gasteiger partial charge in [0.05, 0.1) is 0 Å². The van der Waals surface area contributed by atoms with E-state index in [9.17, 15) is 4.79 Å². The van der Waals surface area contributed by atoms with Crippen molar-refractivity contribution < 1.29 is 4.79 Å². The average Bonchev–Trinajstić information content (AvgIpc) is 2.72. The van der Waals surface area contributed by atoms with Gasteiger partial charge in [0.2, 0.25) is 5.91 Å². The normalized spacial score (nSPS) is 17.8. The maximum atomic E-state index is 12.1. The maximum absolute atomic E-state index is 12.1. The summed E-state index contributed by atoms with van der Waals surface area (Å²) in [5.41, 5.74) is 7.44. The lowest BCUT2D eigenvalue weighted by Gasteiger charge is -2.24. The van der Waals surface area contributed by atoms with Crippen LogP contribution in [0, 0.1) is 0 Å². The molecule has 1 aliphatic rings. The molecule has 1 amide bonds. The van der Waals surface area contributed by atoms with Crippen LogP contribution in [0.5, 0.6) is 0 Å². The molecule has 1 saturated heterocycles. The number of rotatable bonds is 3. The van der Waals surface area contributed by atoms with Crippen LogP contribution in [0.25, 0.3) is 10.8 Å². The molecule has 1 aliphatic heterocycles. The van der Waals surface area contributed by atoms with Gasteiger partial charge in [-0.1, -0.05) is 42.8 Å². The van der Waals surface area contributed by atoms with E-state index in [0.717, 1.165) is 31.4 Å². The molecule has 110 valence electrons. The standard InChI is InChI=1S/C18H22N2O/c19-17(13-20-11-5-1-2-8-18(20)21)16-10-9-14-6-3-4-7-15(14)12-16/h3-4,6-7,9-10,12,17H,1-2,5,8,11,13,19H2. The molecule has 2 aromatic rings. The Morgan fingerprint density at radius 3 is 2.71 bits per heavy atom. The van der Waals surface area contributed by atoms with Gasteiger partial charge in [-0.25, -0.2) is 0 Å². The summed E-state index contributed by atoms with van der Waals surface area (Å²) in [6, 6.07) is 14.5. The molecule has 21 heavy (non-hydrogen) atoms. The van der Waals surface area contributed by atoms with Crippen molar-refractivity contribution in [3.8, 4) is 0 Å². The van der Waals surface area contributed by atoms with E-state index < -0.39 is 0 Å². The fraction of sp³-hybridized carbons (Fsp3) is 0.389. The number of nitrogens with zero attached hydrogens (tertiary/aromatic N) is 1. The highest BCUT2D eigenvalue weighted by molar-refractivity contribution is 5.83. The Labute approximate surface area is 125 Å². The zero-order valence-corrected chi connectivity index (χ0v) is 12.3. The number of benzene rings is 2. The summed E-state index contributed by atoms with van der Waals surface area (Å²) >= 11 is 0. The number of likely N-dealkylation sites (tertiary alicyclic amines) is 1. The molecule has 3 rings (SSSR count). The van der Waals surface area contributed by atoms with Crippen molar-refractivity contribution in [3.63, 3.8) is 0 Å². The monoisotopic (exact) mass is 282 g/mol. The Morgan fingerprint density at radius 1 is 1.05 bits per heavy atom. The van der Waals surface area contributed by atoms with Crippen molar-refractivity contribution in [2.75, 3.05) is 13.1 Å². The minimum atomic E-state index is -0.114. The summed E-state index contributed by atoms with van der Waals surface area (Å²) < 4.78 is 0. The number of nitrogens with two attached hydrogens (primary N) is 1. The summed E-state index contributed by atoms with van der Waals surface area (Å²) in [6.45, 7) is 1.47. The zero-order valence-electron chi connectivity index (χ0n) is 12.3. The summed E-state index contributed by atoms with van der Waals surface area (Å²) in [4.78, 5) is 14.0. The highest BCUT2D eigenvalue weighted by atomic mass is 16.2. The maximum Gasteiger partial charge on any atom is 0.222 e. The van der Waals surface area contributed by atoms with E-state index in [-0.39, 0.29) is 11.9 Å². The Morgan fingerprint density at radius 2 is 1.86 bits per heavy atom. The Bertz CT molecular complexity index is 638. The Hall–Kier alpha value is -1.87. The summed E-state index contributed by atoms with van der Waals surface area (Å²) in [5, 5.41) is 2.42. The molecule has 3 heteroatoms. The molecule has 2 aromatic carbocycles. The highest BCUT2D eigenvalue weighted by Crippen LogP contribution is 2.21. The molecule has 0 spiro atoms. The Kier molecular flexibility index (Phi) is 4.20. The minimum Gasteiger partial charge on any atom is -0.341 e. The fourth-order valence-corrected chi connectivity index (χ4v) is 3.01. The molecule has 0 radical (unpaired) electrons. The molecule has 0 bridgehead atoms. The lowest BCUT2D eigenvalue weighted by atomic mass is 10.0. The molecule has 0 aromatic heterocycles. The first-order valence-electron chi connectivity index (χ1n) is 7.76. The van der Waals surface area contributed by atoms with Gasteiger partial charge < -0.3 is 10.6 Å². The second kappa shape index (κ2) is 6.27. The molecule has 0 aliphatic carbocycles. The SMILES string of the molecule is NC(CN1CCCCCC1=O)c1ccc2ccccc2c1. The van der Waals surface area contributed by atoms with E-state index in [4.69, 9.17) is 5.73 Å². The predicted molar refractivity (Wildman–Crippen MR) is 85.9 cm³/mol. The molecule has 1 heterocycles.